The van der Waals surface area contributed by atoms with Gasteiger partial charge in [0.1, 0.15) is 0 Å². The predicted molar refractivity (Wildman–Crippen MR) is 85.7 cm³/mol. The van der Waals surface area contributed by atoms with Crippen molar-refractivity contribution in [2.24, 2.45) is 5.41 Å². The number of rotatable bonds is 4. The minimum atomic E-state index is -0.0972. The lowest BCUT2D eigenvalue weighted by Crippen LogP contribution is -2.46. The van der Waals surface area contributed by atoms with Crippen LogP contribution < -0.4 is 5.32 Å². The third-order valence-corrected chi connectivity index (χ3v) is 4.32. The van der Waals surface area contributed by atoms with E-state index in [-0.39, 0.29) is 17.9 Å². The molecule has 1 saturated heterocycles. The highest BCUT2D eigenvalue weighted by Gasteiger charge is 2.31. The first-order chi connectivity index (χ1) is 9.92. The summed E-state index contributed by atoms with van der Waals surface area (Å²) in [7, 11) is 0. The molecule has 0 aliphatic carbocycles. The van der Waals surface area contributed by atoms with E-state index < -0.39 is 0 Å². The number of halogens is 1. The maximum Gasteiger partial charge on any atom is 0.238 e. The Labute approximate surface area is 131 Å². The van der Waals surface area contributed by atoms with Gasteiger partial charge in [-0.1, -0.05) is 24.6 Å². The van der Waals surface area contributed by atoms with Gasteiger partial charge in [0.15, 0.2) is 0 Å². The maximum atomic E-state index is 12.1. The van der Waals surface area contributed by atoms with E-state index in [1.54, 1.807) is 0 Å². The molecule has 2 N–H and O–H groups in total. The SMILES string of the molecule is Cc1ccc(NC(=O)CN2CCCC(C)(CO)C2)c(Cl)c1. The van der Waals surface area contributed by atoms with Crippen molar-refractivity contribution in [3.8, 4) is 0 Å². The molecule has 4 nitrogen and oxygen atoms in total. The summed E-state index contributed by atoms with van der Waals surface area (Å²) < 4.78 is 0. The van der Waals surface area contributed by atoms with Crippen molar-refractivity contribution in [3.63, 3.8) is 0 Å². The zero-order valence-corrected chi connectivity index (χ0v) is 13.4. The number of carbonyl (C=O) groups excluding carboxylic acids is 1. The summed E-state index contributed by atoms with van der Waals surface area (Å²) in [6, 6.07) is 5.58. The second-order valence-electron chi connectivity index (χ2n) is 6.31. The van der Waals surface area contributed by atoms with Gasteiger partial charge in [0.2, 0.25) is 5.91 Å². The Kier molecular flexibility index (Phi) is 5.25. The molecule has 1 fully saturated rings. The number of amides is 1. The molecule has 1 aliphatic heterocycles. The fourth-order valence-electron chi connectivity index (χ4n) is 2.81. The highest BCUT2D eigenvalue weighted by molar-refractivity contribution is 6.33. The van der Waals surface area contributed by atoms with Crippen molar-refractivity contribution in [3.05, 3.63) is 28.8 Å². The number of aryl methyl sites for hydroxylation is 1. The van der Waals surface area contributed by atoms with E-state index in [0.29, 0.717) is 17.3 Å². The summed E-state index contributed by atoms with van der Waals surface area (Å²) in [4.78, 5) is 14.2. The molecular formula is C16H23ClN2O2. The van der Waals surface area contributed by atoms with Gasteiger partial charge in [-0.25, -0.2) is 0 Å². The lowest BCUT2D eigenvalue weighted by atomic mass is 9.83. The number of anilines is 1. The summed E-state index contributed by atoms with van der Waals surface area (Å²) in [5.74, 6) is -0.0667. The van der Waals surface area contributed by atoms with Crippen LogP contribution in [0.5, 0.6) is 0 Å². The first-order valence-electron chi connectivity index (χ1n) is 7.31. The molecule has 116 valence electrons. The van der Waals surface area contributed by atoms with Gasteiger partial charge in [0, 0.05) is 18.6 Å². The van der Waals surface area contributed by atoms with Crippen LogP contribution in [0.3, 0.4) is 0 Å². The van der Waals surface area contributed by atoms with Gasteiger partial charge in [-0.15, -0.1) is 0 Å². The molecule has 0 bridgehead atoms. The molecule has 2 rings (SSSR count). The lowest BCUT2D eigenvalue weighted by Gasteiger charge is -2.38. The van der Waals surface area contributed by atoms with Crippen LogP contribution >= 0.6 is 11.6 Å². The van der Waals surface area contributed by atoms with Crippen molar-refractivity contribution in [2.75, 3.05) is 31.6 Å². The fourth-order valence-corrected chi connectivity index (χ4v) is 3.09. The summed E-state index contributed by atoms with van der Waals surface area (Å²) in [5, 5.41) is 12.9. The molecule has 1 aliphatic rings. The number of likely N-dealkylation sites (tertiary alicyclic amines) is 1. The van der Waals surface area contributed by atoms with Gasteiger partial charge >= 0.3 is 0 Å². The molecule has 1 amide bonds. The Morgan fingerprint density at radius 3 is 2.95 bits per heavy atom. The Bertz CT molecular complexity index is 521. The molecule has 1 unspecified atom stereocenters. The van der Waals surface area contributed by atoms with E-state index in [9.17, 15) is 9.90 Å². The fraction of sp³-hybridized carbons (Fsp3) is 0.562. The zero-order chi connectivity index (χ0) is 15.5. The van der Waals surface area contributed by atoms with Crippen molar-refractivity contribution in [1.82, 2.24) is 4.90 Å². The lowest BCUT2D eigenvalue weighted by molar-refractivity contribution is -0.118. The smallest absolute Gasteiger partial charge is 0.238 e. The number of carbonyl (C=O) groups is 1. The van der Waals surface area contributed by atoms with E-state index in [1.807, 2.05) is 25.1 Å². The average molecular weight is 311 g/mol. The van der Waals surface area contributed by atoms with Crippen LogP contribution in [0.25, 0.3) is 0 Å². The van der Waals surface area contributed by atoms with Crippen molar-refractivity contribution >= 4 is 23.2 Å². The van der Waals surface area contributed by atoms with E-state index >= 15 is 0 Å². The Balaban J connectivity index is 1.92. The van der Waals surface area contributed by atoms with Crippen molar-refractivity contribution < 1.29 is 9.90 Å². The molecular weight excluding hydrogens is 288 g/mol. The largest absolute Gasteiger partial charge is 0.396 e. The number of aliphatic hydroxyl groups is 1. The average Bonchev–Trinajstić information content (AvgIpc) is 2.42. The number of nitrogens with one attached hydrogen (secondary N) is 1. The maximum absolute atomic E-state index is 12.1. The second-order valence-corrected chi connectivity index (χ2v) is 6.72. The minimum Gasteiger partial charge on any atom is -0.396 e. The van der Waals surface area contributed by atoms with Crippen LogP contribution in [0.1, 0.15) is 25.3 Å². The molecule has 1 aromatic rings. The van der Waals surface area contributed by atoms with Crippen LogP contribution in [0.15, 0.2) is 18.2 Å². The molecule has 0 spiro atoms. The number of aliphatic hydroxyl groups excluding tert-OH is 1. The molecule has 21 heavy (non-hydrogen) atoms. The highest BCUT2D eigenvalue weighted by Crippen LogP contribution is 2.28. The Hall–Kier alpha value is -1.10. The predicted octanol–water partition coefficient (Wildman–Crippen LogP) is 2.68. The van der Waals surface area contributed by atoms with Crippen LogP contribution in [0, 0.1) is 12.3 Å². The first kappa shape index (κ1) is 16.3. The molecule has 0 radical (unpaired) electrons. The molecule has 0 saturated carbocycles. The molecule has 1 atom stereocenters. The van der Waals surface area contributed by atoms with Gasteiger partial charge in [0.05, 0.1) is 17.3 Å². The Morgan fingerprint density at radius 2 is 2.29 bits per heavy atom. The van der Waals surface area contributed by atoms with E-state index in [1.165, 1.54) is 0 Å². The van der Waals surface area contributed by atoms with Crippen LogP contribution in [-0.2, 0) is 4.79 Å². The quantitative estimate of drug-likeness (QED) is 0.899. The number of hydrogen-bond acceptors (Lipinski definition) is 3. The molecule has 1 heterocycles. The van der Waals surface area contributed by atoms with E-state index in [2.05, 4.69) is 17.1 Å². The summed E-state index contributed by atoms with van der Waals surface area (Å²) in [6.07, 6.45) is 2.01. The first-order valence-corrected chi connectivity index (χ1v) is 7.69. The normalized spacial score (nSPS) is 23.0. The molecule has 1 aromatic carbocycles. The standard InChI is InChI=1S/C16H23ClN2O2/c1-12-4-5-14(13(17)8-12)18-15(21)9-19-7-3-6-16(2,10-19)11-20/h4-5,8,20H,3,6-7,9-11H2,1-2H3,(H,18,21). The van der Waals surface area contributed by atoms with E-state index in [0.717, 1.165) is 31.5 Å². The van der Waals surface area contributed by atoms with Gasteiger partial charge in [-0.05, 0) is 44.0 Å². The number of benzene rings is 1. The number of nitrogens with zero attached hydrogens (tertiary/aromatic N) is 1. The topological polar surface area (TPSA) is 52.6 Å². The van der Waals surface area contributed by atoms with Gasteiger partial charge in [-0.2, -0.15) is 0 Å². The third kappa shape index (κ3) is 4.43. The summed E-state index contributed by atoms with van der Waals surface area (Å²) in [6.45, 7) is 6.16. The molecule has 0 aromatic heterocycles. The van der Waals surface area contributed by atoms with Crippen LogP contribution in [0.2, 0.25) is 5.02 Å². The van der Waals surface area contributed by atoms with Crippen LogP contribution in [-0.4, -0.2) is 42.2 Å². The summed E-state index contributed by atoms with van der Waals surface area (Å²) in [5.41, 5.74) is 1.61. The van der Waals surface area contributed by atoms with Gasteiger partial charge in [-0.3, -0.25) is 9.69 Å². The monoisotopic (exact) mass is 310 g/mol. The second kappa shape index (κ2) is 6.77. The molecule has 5 heteroatoms. The Morgan fingerprint density at radius 1 is 1.52 bits per heavy atom. The van der Waals surface area contributed by atoms with Gasteiger partial charge in [0.25, 0.3) is 0 Å². The highest BCUT2D eigenvalue weighted by atomic mass is 35.5. The van der Waals surface area contributed by atoms with Crippen molar-refractivity contribution in [1.29, 1.82) is 0 Å². The number of piperidine rings is 1. The van der Waals surface area contributed by atoms with E-state index in [4.69, 9.17) is 11.6 Å². The third-order valence-electron chi connectivity index (χ3n) is 4.01. The van der Waals surface area contributed by atoms with Crippen molar-refractivity contribution in [2.45, 2.75) is 26.7 Å². The number of hydrogen-bond donors (Lipinski definition) is 2. The summed E-state index contributed by atoms with van der Waals surface area (Å²) >= 11 is 6.12. The zero-order valence-electron chi connectivity index (χ0n) is 12.7. The minimum absolute atomic E-state index is 0.0667. The van der Waals surface area contributed by atoms with Crippen LogP contribution in [0.4, 0.5) is 5.69 Å². The van der Waals surface area contributed by atoms with Gasteiger partial charge < -0.3 is 10.4 Å².